The zero-order chi connectivity index (χ0) is 11.8. The Morgan fingerprint density at radius 3 is 2.56 bits per heavy atom. The van der Waals surface area contributed by atoms with Gasteiger partial charge in [-0.05, 0) is 51.3 Å². The van der Waals surface area contributed by atoms with E-state index in [1.165, 1.54) is 6.42 Å². The van der Waals surface area contributed by atoms with Crippen LogP contribution in [-0.2, 0) is 5.54 Å². The van der Waals surface area contributed by atoms with Crippen molar-refractivity contribution in [2.24, 2.45) is 5.73 Å². The lowest BCUT2D eigenvalue weighted by molar-refractivity contribution is 0.117. The molecule has 0 bridgehead atoms. The molecule has 0 unspecified atom stereocenters. The maximum atomic E-state index is 6.12. The summed E-state index contributed by atoms with van der Waals surface area (Å²) < 4.78 is 5.92. The van der Waals surface area contributed by atoms with Crippen molar-refractivity contribution in [1.29, 1.82) is 0 Å². The Labute approximate surface area is 102 Å². The van der Waals surface area contributed by atoms with Gasteiger partial charge in [-0.2, -0.15) is 0 Å². The van der Waals surface area contributed by atoms with Crippen LogP contribution in [0.4, 0.5) is 0 Å². The predicted octanol–water partition coefficient (Wildman–Crippen LogP) is 3.47. The standard InChI is InChI=1S/C13H18ClNO/c1-13(2,15)11-8-9(14)6-7-12(11)16-10-4-3-5-10/h6-8,10H,3-5,15H2,1-2H3. The quantitative estimate of drug-likeness (QED) is 0.877. The van der Waals surface area contributed by atoms with Gasteiger partial charge in [-0.1, -0.05) is 11.6 Å². The Bertz CT molecular complexity index is 380. The third-order valence-corrected chi connectivity index (χ3v) is 3.22. The monoisotopic (exact) mass is 239 g/mol. The number of benzene rings is 1. The van der Waals surface area contributed by atoms with Crippen LogP contribution < -0.4 is 10.5 Å². The molecule has 0 aromatic heterocycles. The molecule has 1 aromatic rings. The van der Waals surface area contributed by atoms with Crippen LogP contribution >= 0.6 is 11.6 Å². The first-order valence-corrected chi connectivity index (χ1v) is 6.10. The molecule has 1 aromatic carbocycles. The van der Waals surface area contributed by atoms with Crippen LogP contribution in [0.3, 0.4) is 0 Å². The Hall–Kier alpha value is -0.730. The summed E-state index contributed by atoms with van der Waals surface area (Å²) in [5, 5.41) is 0.703. The molecule has 2 N–H and O–H groups in total. The highest BCUT2D eigenvalue weighted by Crippen LogP contribution is 2.34. The summed E-state index contributed by atoms with van der Waals surface area (Å²) in [7, 11) is 0. The van der Waals surface area contributed by atoms with Crippen molar-refractivity contribution in [1.82, 2.24) is 0 Å². The van der Waals surface area contributed by atoms with E-state index in [1.807, 2.05) is 32.0 Å². The summed E-state index contributed by atoms with van der Waals surface area (Å²) in [6, 6.07) is 5.67. The van der Waals surface area contributed by atoms with Gasteiger partial charge in [0.1, 0.15) is 5.75 Å². The van der Waals surface area contributed by atoms with Gasteiger partial charge in [0.2, 0.25) is 0 Å². The molecule has 2 nitrogen and oxygen atoms in total. The van der Waals surface area contributed by atoms with Crippen LogP contribution in [0.1, 0.15) is 38.7 Å². The number of hydrogen-bond acceptors (Lipinski definition) is 2. The van der Waals surface area contributed by atoms with Gasteiger partial charge in [-0.25, -0.2) is 0 Å². The third-order valence-electron chi connectivity index (χ3n) is 2.98. The van der Waals surface area contributed by atoms with Gasteiger partial charge >= 0.3 is 0 Å². The van der Waals surface area contributed by atoms with Crippen LogP contribution in [-0.4, -0.2) is 6.10 Å². The van der Waals surface area contributed by atoms with Crippen molar-refractivity contribution in [3.8, 4) is 5.75 Å². The Balaban J connectivity index is 2.28. The number of halogens is 1. The molecule has 0 saturated heterocycles. The normalized spacial score (nSPS) is 17.0. The topological polar surface area (TPSA) is 35.2 Å². The number of nitrogens with two attached hydrogens (primary N) is 1. The molecular formula is C13H18ClNO. The summed E-state index contributed by atoms with van der Waals surface area (Å²) in [5.74, 6) is 0.876. The molecule has 3 heteroatoms. The molecule has 16 heavy (non-hydrogen) atoms. The van der Waals surface area contributed by atoms with Crippen LogP contribution in [0.25, 0.3) is 0 Å². The van der Waals surface area contributed by atoms with Gasteiger partial charge in [0, 0.05) is 16.1 Å². The van der Waals surface area contributed by atoms with E-state index in [9.17, 15) is 0 Å². The first kappa shape index (κ1) is 11.7. The average molecular weight is 240 g/mol. The number of hydrogen-bond donors (Lipinski definition) is 1. The van der Waals surface area contributed by atoms with Crippen molar-refractivity contribution in [2.75, 3.05) is 0 Å². The minimum atomic E-state index is -0.427. The predicted molar refractivity (Wildman–Crippen MR) is 66.9 cm³/mol. The fraction of sp³-hybridized carbons (Fsp3) is 0.538. The second-order valence-corrected chi connectivity index (χ2v) is 5.47. The lowest BCUT2D eigenvalue weighted by atomic mass is 9.93. The molecule has 0 atom stereocenters. The zero-order valence-electron chi connectivity index (χ0n) is 9.79. The summed E-state index contributed by atoms with van der Waals surface area (Å²) >= 11 is 6.00. The van der Waals surface area contributed by atoms with Gasteiger partial charge in [-0.3, -0.25) is 0 Å². The molecule has 0 amide bonds. The van der Waals surface area contributed by atoms with E-state index in [2.05, 4.69) is 0 Å². The largest absolute Gasteiger partial charge is 0.490 e. The smallest absolute Gasteiger partial charge is 0.124 e. The van der Waals surface area contributed by atoms with Crippen molar-refractivity contribution in [3.63, 3.8) is 0 Å². The van der Waals surface area contributed by atoms with Crippen LogP contribution in [0.15, 0.2) is 18.2 Å². The molecule has 2 rings (SSSR count). The second kappa shape index (κ2) is 4.27. The Kier molecular flexibility index (Phi) is 3.13. The van der Waals surface area contributed by atoms with Gasteiger partial charge < -0.3 is 10.5 Å². The molecule has 0 aliphatic heterocycles. The molecule has 88 valence electrons. The number of rotatable bonds is 3. The molecule has 1 aliphatic rings. The maximum absolute atomic E-state index is 6.12. The van der Waals surface area contributed by atoms with Gasteiger partial charge in [-0.15, -0.1) is 0 Å². The first-order chi connectivity index (χ1) is 7.47. The minimum Gasteiger partial charge on any atom is -0.490 e. The first-order valence-electron chi connectivity index (χ1n) is 5.72. The van der Waals surface area contributed by atoms with Crippen LogP contribution in [0, 0.1) is 0 Å². The highest BCUT2D eigenvalue weighted by atomic mass is 35.5. The lowest BCUT2D eigenvalue weighted by Crippen LogP contribution is -2.31. The Morgan fingerprint density at radius 1 is 1.38 bits per heavy atom. The third kappa shape index (κ3) is 2.50. The van der Waals surface area contributed by atoms with Gasteiger partial charge in [0.15, 0.2) is 0 Å². The molecular weight excluding hydrogens is 222 g/mol. The molecule has 0 spiro atoms. The fourth-order valence-electron chi connectivity index (χ4n) is 1.78. The van der Waals surface area contributed by atoms with Crippen LogP contribution in [0.5, 0.6) is 5.75 Å². The highest BCUT2D eigenvalue weighted by molar-refractivity contribution is 6.30. The van der Waals surface area contributed by atoms with Gasteiger partial charge in [0.25, 0.3) is 0 Å². The molecule has 1 saturated carbocycles. The fourth-order valence-corrected chi connectivity index (χ4v) is 1.95. The van der Waals surface area contributed by atoms with E-state index in [1.54, 1.807) is 0 Å². The van der Waals surface area contributed by atoms with E-state index >= 15 is 0 Å². The maximum Gasteiger partial charge on any atom is 0.124 e. The molecule has 0 heterocycles. The van der Waals surface area contributed by atoms with E-state index in [0.29, 0.717) is 11.1 Å². The summed E-state index contributed by atoms with van der Waals surface area (Å²) in [6.07, 6.45) is 3.92. The summed E-state index contributed by atoms with van der Waals surface area (Å²) in [4.78, 5) is 0. The lowest BCUT2D eigenvalue weighted by Gasteiger charge is -2.30. The zero-order valence-corrected chi connectivity index (χ0v) is 10.6. The summed E-state index contributed by atoms with van der Waals surface area (Å²) in [6.45, 7) is 3.93. The molecule has 1 aliphatic carbocycles. The van der Waals surface area contributed by atoms with Crippen molar-refractivity contribution in [3.05, 3.63) is 28.8 Å². The SMILES string of the molecule is CC(C)(N)c1cc(Cl)ccc1OC1CCC1. The second-order valence-electron chi connectivity index (χ2n) is 5.03. The van der Waals surface area contributed by atoms with E-state index in [-0.39, 0.29) is 0 Å². The van der Waals surface area contributed by atoms with Gasteiger partial charge in [0.05, 0.1) is 6.10 Å². The number of ether oxygens (including phenoxy) is 1. The minimum absolute atomic E-state index is 0.363. The van der Waals surface area contributed by atoms with E-state index in [0.717, 1.165) is 24.2 Å². The highest BCUT2D eigenvalue weighted by Gasteiger charge is 2.24. The van der Waals surface area contributed by atoms with Crippen LogP contribution in [0.2, 0.25) is 5.02 Å². The molecule has 0 radical (unpaired) electrons. The van der Waals surface area contributed by atoms with Crippen molar-refractivity contribution in [2.45, 2.75) is 44.8 Å². The Morgan fingerprint density at radius 2 is 2.06 bits per heavy atom. The molecule has 1 fully saturated rings. The average Bonchev–Trinajstić information content (AvgIpc) is 2.11. The van der Waals surface area contributed by atoms with Crippen molar-refractivity contribution >= 4 is 11.6 Å². The van der Waals surface area contributed by atoms with Crippen molar-refractivity contribution < 1.29 is 4.74 Å². The van der Waals surface area contributed by atoms with E-state index < -0.39 is 5.54 Å². The summed E-state index contributed by atoms with van der Waals surface area (Å²) in [5.41, 5.74) is 6.68. The van der Waals surface area contributed by atoms with E-state index in [4.69, 9.17) is 22.1 Å².